The van der Waals surface area contributed by atoms with E-state index in [1.54, 1.807) is 0 Å². The van der Waals surface area contributed by atoms with Crippen LogP contribution in [0.5, 0.6) is 0 Å². The van der Waals surface area contributed by atoms with E-state index in [1.165, 1.54) is 44.9 Å². The van der Waals surface area contributed by atoms with Crippen molar-refractivity contribution in [3.8, 4) is 0 Å². The van der Waals surface area contributed by atoms with Gasteiger partial charge in [0.1, 0.15) is 0 Å². The Morgan fingerprint density at radius 2 is 1.46 bits per heavy atom. The second kappa shape index (κ2) is 5.48. The van der Waals surface area contributed by atoms with Crippen LogP contribution >= 0.6 is 0 Å². The Kier molecular flexibility index (Phi) is 3.97. The van der Waals surface area contributed by atoms with Crippen molar-refractivity contribution in [3.05, 3.63) is 0 Å². The zero-order chi connectivity index (χ0) is 17.3. The van der Waals surface area contributed by atoms with Gasteiger partial charge in [0.15, 0.2) is 0 Å². The molecule has 0 amide bonds. The van der Waals surface area contributed by atoms with Gasteiger partial charge >= 0.3 is 0 Å². The molecule has 4 saturated carbocycles. The summed E-state index contributed by atoms with van der Waals surface area (Å²) in [5.41, 5.74) is 0.780. The van der Waals surface area contributed by atoms with Gasteiger partial charge in [-0.25, -0.2) is 0 Å². The highest BCUT2D eigenvalue weighted by Crippen LogP contribution is 2.71. The molecule has 8 atom stereocenters. The summed E-state index contributed by atoms with van der Waals surface area (Å²) < 4.78 is 0. The minimum atomic E-state index is -0.378. The van der Waals surface area contributed by atoms with Gasteiger partial charge in [0, 0.05) is 0 Å². The molecule has 4 aliphatic carbocycles. The molecule has 24 heavy (non-hydrogen) atoms. The molecule has 0 aromatic carbocycles. The molecule has 4 aliphatic rings. The first-order valence-electron chi connectivity index (χ1n) is 10.9. The van der Waals surface area contributed by atoms with Crippen LogP contribution in [0.1, 0.15) is 92.4 Å². The summed E-state index contributed by atoms with van der Waals surface area (Å²) in [6.45, 7) is 12.4. The molecule has 1 unspecified atom stereocenters. The number of rotatable bonds is 1. The molecule has 1 N–H and O–H groups in total. The Morgan fingerprint density at radius 1 is 0.792 bits per heavy atom. The second-order valence-corrected chi connectivity index (χ2v) is 11.3. The highest BCUT2D eigenvalue weighted by molar-refractivity contribution is 5.12. The Labute approximate surface area is 150 Å². The third-order valence-electron chi connectivity index (χ3n) is 9.96. The molecule has 0 saturated heterocycles. The number of fused-ring (bicyclic) bond motifs is 5. The van der Waals surface area contributed by atoms with Crippen LogP contribution in [0.25, 0.3) is 0 Å². The summed E-state index contributed by atoms with van der Waals surface area (Å²) >= 11 is 0. The van der Waals surface area contributed by atoms with Crippen molar-refractivity contribution in [2.45, 2.75) is 98.0 Å². The maximum absolute atomic E-state index is 10.5. The Bertz CT molecular complexity index is 494. The Morgan fingerprint density at radius 3 is 2.17 bits per heavy atom. The van der Waals surface area contributed by atoms with E-state index < -0.39 is 0 Å². The highest BCUT2D eigenvalue weighted by atomic mass is 16.3. The van der Waals surface area contributed by atoms with Crippen molar-refractivity contribution in [1.29, 1.82) is 0 Å². The summed E-state index contributed by atoms with van der Waals surface area (Å²) in [6.07, 6.45) is 12.1. The summed E-state index contributed by atoms with van der Waals surface area (Å²) in [7, 11) is 0. The second-order valence-electron chi connectivity index (χ2n) is 11.3. The van der Waals surface area contributed by atoms with Crippen molar-refractivity contribution >= 4 is 0 Å². The minimum absolute atomic E-state index is 0.378. The average Bonchev–Trinajstić information content (AvgIpc) is 2.78. The first kappa shape index (κ1) is 17.4. The quantitative estimate of drug-likeness (QED) is 0.619. The third-order valence-corrected chi connectivity index (χ3v) is 9.96. The van der Waals surface area contributed by atoms with Crippen molar-refractivity contribution < 1.29 is 5.11 Å². The topological polar surface area (TPSA) is 20.2 Å². The first-order valence-corrected chi connectivity index (χ1v) is 10.9. The smallest absolute Gasteiger partial charge is 0.0622 e. The van der Waals surface area contributed by atoms with Crippen LogP contribution in [-0.2, 0) is 0 Å². The van der Waals surface area contributed by atoms with Crippen molar-refractivity contribution in [1.82, 2.24) is 0 Å². The predicted octanol–water partition coefficient (Wildman–Crippen LogP) is 6.05. The van der Waals surface area contributed by atoms with E-state index in [1.807, 2.05) is 0 Å². The normalized spacial score (nSPS) is 57.4. The van der Waals surface area contributed by atoms with Crippen LogP contribution in [0.4, 0.5) is 0 Å². The molecular weight excluding hydrogens is 292 g/mol. The molecule has 0 aromatic heterocycles. The van der Waals surface area contributed by atoms with E-state index >= 15 is 0 Å². The van der Waals surface area contributed by atoms with Crippen LogP contribution in [0.2, 0.25) is 0 Å². The molecule has 0 aromatic rings. The number of aliphatic hydroxyl groups is 1. The monoisotopic (exact) mass is 332 g/mol. The zero-order valence-electron chi connectivity index (χ0n) is 16.8. The first-order chi connectivity index (χ1) is 11.2. The molecule has 0 spiro atoms. The largest absolute Gasteiger partial charge is 0.390 e. The summed E-state index contributed by atoms with van der Waals surface area (Å²) in [4.78, 5) is 0. The summed E-state index contributed by atoms with van der Waals surface area (Å²) in [5.74, 6) is 5.43. The molecule has 1 heteroatoms. The van der Waals surface area contributed by atoms with Gasteiger partial charge in [0.2, 0.25) is 0 Å². The Hall–Kier alpha value is -0.0400. The van der Waals surface area contributed by atoms with E-state index in [-0.39, 0.29) is 5.60 Å². The van der Waals surface area contributed by atoms with Gasteiger partial charge in [0.05, 0.1) is 5.60 Å². The zero-order valence-corrected chi connectivity index (χ0v) is 16.8. The summed E-state index contributed by atoms with van der Waals surface area (Å²) in [5, 5.41) is 10.5. The molecule has 1 nitrogen and oxygen atoms in total. The molecule has 0 heterocycles. The van der Waals surface area contributed by atoms with Crippen LogP contribution in [-0.4, -0.2) is 10.7 Å². The third kappa shape index (κ3) is 2.29. The summed E-state index contributed by atoms with van der Waals surface area (Å²) in [6, 6.07) is 0. The lowest BCUT2D eigenvalue weighted by molar-refractivity contribution is -0.140. The molecule has 0 aliphatic heterocycles. The Balaban J connectivity index is 1.60. The maximum atomic E-state index is 10.5. The van der Waals surface area contributed by atoms with Crippen LogP contribution < -0.4 is 0 Å². The van der Waals surface area contributed by atoms with E-state index in [9.17, 15) is 5.11 Å². The van der Waals surface area contributed by atoms with Crippen molar-refractivity contribution in [2.75, 3.05) is 0 Å². The van der Waals surface area contributed by atoms with E-state index in [0.29, 0.717) is 10.8 Å². The fourth-order valence-corrected chi connectivity index (χ4v) is 8.62. The van der Waals surface area contributed by atoms with E-state index in [0.717, 1.165) is 48.3 Å². The number of hydrogen-bond acceptors (Lipinski definition) is 1. The SMILES string of the molecule is CC(C)C1CC[C@@]2(C)[C@@H]3CC[C@H]4C[C@@](C)(O)CC[C@@H]4[C@H]3CC[C@]12C. The van der Waals surface area contributed by atoms with E-state index in [4.69, 9.17) is 0 Å². The molecule has 0 radical (unpaired) electrons. The molecule has 0 bridgehead atoms. The van der Waals surface area contributed by atoms with Gasteiger partial charge in [-0.1, -0.05) is 27.7 Å². The fourth-order valence-electron chi connectivity index (χ4n) is 8.62. The fraction of sp³-hybridized carbons (Fsp3) is 1.00. The molecule has 138 valence electrons. The predicted molar refractivity (Wildman–Crippen MR) is 101 cm³/mol. The van der Waals surface area contributed by atoms with Gasteiger partial charge in [-0.05, 0) is 111 Å². The van der Waals surface area contributed by atoms with Gasteiger partial charge in [-0.2, -0.15) is 0 Å². The maximum Gasteiger partial charge on any atom is 0.0622 e. The van der Waals surface area contributed by atoms with Gasteiger partial charge in [0.25, 0.3) is 0 Å². The number of hydrogen-bond donors (Lipinski definition) is 1. The average molecular weight is 333 g/mol. The van der Waals surface area contributed by atoms with Crippen LogP contribution in [0, 0.1) is 46.3 Å². The van der Waals surface area contributed by atoms with Crippen molar-refractivity contribution in [2.24, 2.45) is 46.3 Å². The molecular formula is C23H40O. The lowest BCUT2D eigenvalue weighted by Gasteiger charge is -2.62. The van der Waals surface area contributed by atoms with Crippen molar-refractivity contribution in [3.63, 3.8) is 0 Å². The lowest BCUT2D eigenvalue weighted by Crippen LogP contribution is -2.55. The van der Waals surface area contributed by atoms with E-state index in [2.05, 4.69) is 34.6 Å². The van der Waals surface area contributed by atoms with Gasteiger partial charge < -0.3 is 5.11 Å². The van der Waals surface area contributed by atoms with Gasteiger partial charge in [-0.3, -0.25) is 0 Å². The lowest BCUT2D eigenvalue weighted by atomic mass is 9.43. The standard InChI is InChI=1S/C23H40O/c1-15(2)19-10-13-23(5)20-7-6-16-14-21(3,24)11-8-17(16)18(20)9-12-22(19,23)4/h15-20,24H,6-14H2,1-5H3/t16-,17-,18+,19?,20+,21-,22+,23-/m0/s1. The highest BCUT2D eigenvalue weighted by Gasteiger charge is 2.63. The minimum Gasteiger partial charge on any atom is -0.390 e. The van der Waals surface area contributed by atoms with Gasteiger partial charge in [-0.15, -0.1) is 0 Å². The van der Waals surface area contributed by atoms with Crippen LogP contribution in [0.15, 0.2) is 0 Å². The van der Waals surface area contributed by atoms with Crippen LogP contribution in [0.3, 0.4) is 0 Å². The molecule has 4 rings (SSSR count). The molecule has 4 fully saturated rings.